The number of rotatable bonds is 9. The van der Waals surface area contributed by atoms with Crippen LogP contribution in [0, 0.1) is 0 Å². The molecule has 4 rings (SSSR count). The van der Waals surface area contributed by atoms with Crippen molar-refractivity contribution in [3.63, 3.8) is 0 Å². The molecule has 0 spiro atoms. The van der Waals surface area contributed by atoms with E-state index in [-0.39, 0.29) is 12.4 Å². The quantitative estimate of drug-likeness (QED) is 0.416. The van der Waals surface area contributed by atoms with E-state index in [1.54, 1.807) is 19.2 Å². The molecular weight excluding hydrogens is 492 g/mol. The molecule has 3 aromatic rings. The zero-order valence-corrected chi connectivity index (χ0v) is 22.4. The van der Waals surface area contributed by atoms with Crippen molar-refractivity contribution in [2.24, 2.45) is 0 Å². The summed E-state index contributed by atoms with van der Waals surface area (Å²) in [5, 5.41) is 5.46. The molecule has 1 N–H and O–H groups in total. The first-order valence-electron chi connectivity index (χ1n) is 12.6. The molecule has 9 nitrogen and oxygen atoms in total. The first kappa shape index (κ1) is 26.7. The fourth-order valence-electron chi connectivity index (χ4n) is 4.39. The highest BCUT2D eigenvalue weighted by Gasteiger charge is 2.30. The third kappa shape index (κ3) is 6.14. The monoisotopic (exact) mass is 524 g/mol. The number of carbonyl (C=O) groups excluding carboxylic acids is 3. The lowest BCUT2D eigenvalue weighted by Crippen LogP contribution is -2.38. The highest BCUT2D eigenvalue weighted by Crippen LogP contribution is 2.30. The number of benzene rings is 1. The summed E-state index contributed by atoms with van der Waals surface area (Å²) in [5.74, 6) is -1.39. The van der Waals surface area contributed by atoms with Gasteiger partial charge in [0.2, 0.25) is 0 Å². The fraction of sp³-hybridized carbons (Fsp3) is 0.444. The minimum absolute atomic E-state index is 0.0278. The Balaban J connectivity index is 1.54. The lowest BCUT2D eigenvalue weighted by molar-refractivity contribution is -0.142. The van der Waals surface area contributed by atoms with Crippen molar-refractivity contribution in [1.82, 2.24) is 14.9 Å². The van der Waals surface area contributed by atoms with Gasteiger partial charge in [-0.2, -0.15) is 0 Å². The second-order valence-corrected chi connectivity index (χ2v) is 10.0. The smallest absolute Gasteiger partial charge is 0.340 e. The second-order valence-electron chi connectivity index (χ2n) is 9.16. The Morgan fingerprint density at radius 3 is 2.68 bits per heavy atom. The van der Waals surface area contributed by atoms with Gasteiger partial charge >= 0.3 is 11.9 Å². The van der Waals surface area contributed by atoms with E-state index < -0.39 is 18.0 Å². The molecule has 0 aliphatic carbocycles. The highest BCUT2D eigenvalue weighted by molar-refractivity contribution is 7.13. The van der Waals surface area contributed by atoms with E-state index in [9.17, 15) is 14.4 Å². The van der Waals surface area contributed by atoms with Gasteiger partial charge in [0.05, 0.1) is 29.8 Å². The molecule has 1 aliphatic heterocycles. The Hall–Kier alpha value is -3.37. The van der Waals surface area contributed by atoms with E-state index >= 15 is 0 Å². The summed E-state index contributed by atoms with van der Waals surface area (Å²) in [6, 6.07) is 7.85. The van der Waals surface area contributed by atoms with Gasteiger partial charge in [-0.05, 0) is 33.3 Å². The number of ether oxygens (including phenoxy) is 2. The van der Waals surface area contributed by atoms with Gasteiger partial charge in [0.25, 0.3) is 5.91 Å². The van der Waals surface area contributed by atoms with Gasteiger partial charge in [0.15, 0.2) is 11.2 Å². The van der Waals surface area contributed by atoms with Crippen LogP contribution in [0.5, 0.6) is 0 Å². The molecule has 0 radical (unpaired) electrons. The van der Waals surface area contributed by atoms with Crippen molar-refractivity contribution >= 4 is 45.2 Å². The molecule has 2 aromatic heterocycles. The predicted octanol–water partition coefficient (Wildman–Crippen LogP) is 4.14. The van der Waals surface area contributed by atoms with Crippen LogP contribution in [0.1, 0.15) is 61.4 Å². The van der Waals surface area contributed by atoms with Crippen LogP contribution in [-0.4, -0.2) is 58.0 Å². The number of amides is 1. The van der Waals surface area contributed by atoms with Crippen LogP contribution in [0.3, 0.4) is 0 Å². The van der Waals surface area contributed by atoms with Crippen molar-refractivity contribution < 1.29 is 23.9 Å². The molecule has 0 saturated carbocycles. The van der Waals surface area contributed by atoms with Crippen molar-refractivity contribution in [2.45, 2.75) is 65.6 Å². The van der Waals surface area contributed by atoms with E-state index in [1.807, 2.05) is 24.3 Å². The van der Waals surface area contributed by atoms with Gasteiger partial charge in [0, 0.05) is 47.6 Å². The first-order valence-corrected chi connectivity index (χ1v) is 13.4. The van der Waals surface area contributed by atoms with Crippen LogP contribution in [0.2, 0.25) is 0 Å². The topological polar surface area (TPSA) is 111 Å². The number of thiazole rings is 1. The van der Waals surface area contributed by atoms with Crippen molar-refractivity contribution in [2.75, 3.05) is 18.5 Å². The van der Waals surface area contributed by atoms with Crippen LogP contribution < -0.4 is 5.32 Å². The van der Waals surface area contributed by atoms with Gasteiger partial charge in [-0.25, -0.2) is 9.78 Å². The molecule has 37 heavy (non-hydrogen) atoms. The number of pyridine rings is 1. The zero-order valence-electron chi connectivity index (χ0n) is 21.6. The summed E-state index contributed by atoms with van der Waals surface area (Å²) >= 11 is 1.20. The molecule has 10 heteroatoms. The Bertz CT molecular complexity index is 1310. The van der Waals surface area contributed by atoms with Gasteiger partial charge in [0.1, 0.15) is 0 Å². The Morgan fingerprint density at radius 2 is 1.95 bits per heavy atom. The van der Waals surface area contributed by atoms with Crippen molar-refractivity contribution in [3.8, 4) is 0 Å². The van der Waals surface area contributed by atoms with Gasteiger partial charge < -0.3 is 9.47 Å². The zero-order chi connectivity index (χ0) is 26.5. The number of fused-ring (bicyclic) bond motifs is 2. The largest absolute Gasteiger partial charge is 0.466 e. The lowest BCUT2D eigenvalue weighted by atomic mass is 9.95. The maximum atomic E-state index is 13.6. The number of hydrogen-bond acceptors (Lipinski definition) is 9. The summed E-state index contributed by atoms with van der Waals surface area (Å²) in [5.41, 5.74) is 3.48. The van der Waals surface area contributed by atoms with Crippen molar-refractivity contribution in [3.05, 3.63) is 52.2 Å². The average Bonchev–Trinajstić information content (AvgIpc) is 3.31. The van der Waals surface area contributed by atoms with Gasteiger partial charge in [-0.15, -0.1) is 11.3 Å². The third-order valence-corrected chi connectivity index (χ3v) is 7.14. The normalized spacial score (nSPS) is 14.3. The maximum absolute atomic E-state index is 13.6. The Kier molecular flexibility index (Phi) is 8.50. The Labute approximate surface area is 220 Å². The molecule has 1 atom stereocenters. The van der Waals surface area contributed by atoms with E-state index in [0.717, 1.165) is 35.1 Å². The van der Waals surface area contributed by atoms with Crippen LogP contribution in [0.4, 0.5) is 5.13 Å². The van der Waals surface area contributed by atoms with Crippen LogP contribution in [0.25, 0.3) is 10.9 Å². The number of para-hydroxylation sites is 1. The molecule has 1 amide bonds. The summed E-state index contributed by atoms with van der Waals surface area (Å²) in [6.07, 6.45) is 0.0634. The minimum Gasteiger partial charge on any atom is -0.466 e. The van der Waals surface area contributed by atoms with Gasteiger partial charge in [-0.1, -0.05) is 25.1 Å². The molecule has 0 fully saturated rings. The maximum Gasteiger partial charge on any atom is 0.340 e. The van der Waals surface area contributed by atoms with E-state index in [0.29, 0.717) is 42.0 Å². The summed E-state index contributed by atoms with van der Waals surface area (Å²) in [6.45, 7) is 9.55. The van der Waals surface area contributed by atoms with E-state index in [1.165, 1.54) is 11.3 Å². The van der Waals surface area contributed by atoms with Gasteiger partial charge in [-0.3, -0.25) is 24.8 Å². The van der Waals surface area contributed by atoms with Crippen LogP contribution in [-0.2, 0) is 38.4 Å². The molecule has 196 valence electrons. The molecule has 0 saturated heterocycles. The standard InChI is InChI=1S/C27H32N4O5S/c1-5-22(25(33)30-27-28-17(15-37-27)13-23(32)35-6-2)36-26(34)24-18-9-7-8-10-20(18)29-21-11-12-31(16(3)4)14-19(21)24/h7-10,15-16,22H,5-6,11-14H2,1-4H3,(H,28,30,33). The first-order chi connectivity index (χ1) is 17.8. The Morgan fingerprint density at radius 1 is 1.16 bits per heavy atom. The number of aromatic nitrogens is 2. The van der Waals surface area contributed by atoms with E-state index in [2.05, 4.69) is 29.0 Å². The summed E-state index contributed by atoms with van der Waals surface area (Å²) in [7, 11) is 0. The van der Waals surface area contributed by atoms with Crippen molar-refractivity contribution in [1.29, 1.82) is 0 Å². The molecular formula is C27H32N4O5S. The van der Waals surface area contributed by atoms with Crippen LogP contribution in [0.15, 0.2) is 29.6 Å². The van der Waals surface area contributed by atoms with Crippen LogP contribution >= 0.6 is 11.3 Å². The molecule has 3 heterocycles. The predicted molar refractivity (Wildman–Crippen MR) is 142 cm³/mol. The lowest BCUT2D eigenvalue weighted by Gasteiger charge is -2.32. The number of nitrogens with zero attached hydrogens (tertiary/aromatic N) is 3. The van der Waals surface area contributed by atoms with E-state index in [4.69, 9.17) is 14.5 Å². The molecule has 1 unspecified atom stereocenters. The summed E-state index contributed by atoms with van der Waals surface area (Å²) < 4.78 is 10.7. The second kappa shape index (κ2) is 11.8. The number of hydrogen-bond donors (Lipinski definition) is 1. The number of nitrogens with one attached hydrogen (secondary N) is 1. The number of esters is 2. The average molecular weight is 525 g/mol. The number of anilines is 1. The molecule has 1 aromatic carbocycles. The summed E-state index contributed by atoms with van der Waals surface area (Å²) in [4.78, 5) is 49.7. The highest BCUT2D eigenvalue weighted by atomic mass is 32.1. The fourth-order valence-corrected chi connectivity index (χ4v) is 5.10. The third-order valence-electron chi connectivity index (χ3n) is 6.34. The molecule has 0 bridgehead atoms. The SMILES string of the molecule is CCOC(=O)Cc1csc(NC(=O)C(CC)OC(=O)c2c3c(nc4ccccc24)CCN(C(C)C)C3)n1. The number of carbonyl (C=O) groups is 3. The minimum atomic E-state index is -1.00. The molecule has 1 aliphatic rings.